The molecule has 6 nitrogen and oxygen atoms in total. The predicted octanol–water partition coefficient (Wildman–Crippen LogP) is 2.01. The van der Waals surface area contributed by atoms with Crippen molar-refractivity contribution in [1.82, 2.24) is 4.90 Å². The van der Waals surface area contributed by atoms with Gasteiger partial charge in [0, 0.05) is 25.8 Å². The molecule has 1 aromatic rings. The Morgan fingerprint density at radius 3 is 2.52 bits per heavy atom. The summed E-state index contributed by atoms with van der Waals surface area (Å²) in [6.45, 7) is 2.23. The first kappa shape index (κ1) is 14.1. The fourth-order valence-corrected chi connectivity index (χ4v) is 3.34. The molecule has 2 aliphatic rings. The number of carbonyl (C=O) groups excluding carboxylic acids is 1. The first-order valence-electron chi connectivity index (χ1n) is 7.38. The number of nitrogens with zero attached hydrogens (tertiary/aromatic N) is 1. The average molecular weight is 293 g/mol. The highest BCUT2D eigenvalue weighted by atomic mass is 16.5. The van der Waals surface area contributed by atoms with Crippen LogP contribution in [0.25, 0.3) is 0 Å². The summed E-state index contributed by atoms with van der Waals surface area (Å²) in [5, 5.41) is 8.87. The Labute approximate surface area is 122 Å². The van der Waals surface area contributed by atoms with Gasteiger partial charge in [0.25, 0.3) is 5.91 Å². The summed E-state index contributed by atoms with van der Waals surface area (Å²) in [5.41, 5.74) is 0. The summed E-state index contributed by atoms with van der Waals surface area (Å²) in [4.78, 5) is 25.2. The minimum absolute atomic E-state index is 0.117. The molecule has 0 radical (unpaired) electrons. The van der Waals surface area contributed by atoms with E-state index < -0.39 is 5.97 Å². The normalized spacial score (nSPS) is 23.4. The van der Waals surface area contributed by atoms with E-state index in [-0.39, 0.29) is 23.5 Å². The molecule has 1 amide bonds. The van der Waals surface area contributed by atoms with E-state index in [1.165, 1.54) is 12.1 Å². The van der Waals surface area contributed by atoms with Crippen LogP contribution < -0.4 is 0 Å². The molecule has 6 heteroatoms. The number of rotatable bonds is 3. The van der Waals surface area contributed by atoms with Crippen molar-refractivity contribution in [1.29, 1.82) is 0 Å². The smallest absolute Gasteiger partial charge is 0.371 e. The van der Waals surface area contributed by atoms with E-state index in [9.17, 15) is 9.59 Å². The number of carboxylic acid groups (broad SMARTS) is 1. The SMILES string of the molecule is O=C(O)c1ccc(C(=O)N2CCCC2C2CCOCC2)o1. The second kappa shape index (κ2) is 5.89. The van der Waals surface area contributed by atoms with Crippen LogP contribution in [0.5, 0.6) is 0 Å². The Morgan fingerprint density at radius 2 is 1.86 bits per heavy atom. The molecule has 21 heavy (non-hydrogen) atoms. The Bertz CT molecular complexity index is 532. The van der Waals surface area contributed by atoms with Gasteiger partial charge in [-0.25, -0.2) is 4.79 Å². The van der Waals surface area contributed by atoms with Gasteiger partial charge in [-0.3, -0.25) is 4.79 Å². The highest BCUT2D eigenvalue weighted by Crippen LogP contribution is 2.31. The van der Waals surface area contributed by atoms with Crippen LogP contribution in [0.3, 0.4) is 0 Å². The van der Waals surface area contributed by atoms with E-state index in [1.54, 1.807) is 0 Å². The summed E-state index contributed by atoms with van der Waals surface area (Å²) in [5.74, 6) is -0.960. The topological polar surface area (TPSA) is 80.0 Å². The molecule has 1 unspecified atom stereocenters. The van der Waals surface area contributed by atoms with Crippen LogP contribution in [0, 0.1) is 5.92 Å². The molecule has 3 rings (SSSR count). The third-order valence-electron chi connectivity index (χ3n) is 4.40. The first-order valence-corrected chi connectivity index (χ1v) is 7.38. The van der Waals surface area contributed by atoms with Crippen LogP contribution in [-0.4, -0.2) is 47.7 Å². The monoisotopic (exact) mass is 293 g/mol. The number of carbonyl (C=O) groups is 2. The van der Waals surface area contributed by atoms with E-state index in [0.29, 0.717) is 12.5 Å². The number of amides is 1. The lowest BCUT2D eigenvalue weighted by Crippen LogP contribution is -2.41. The number of carboxylic acids is 1. The van der Waals surface area contributed by atoms with E-state index in [1.807, 2.05) is 4.90 Å². The molecular formula is C15H19NO5. The van der Waals surface area contributed by atoms with Crippen LogP contribution in [-0.2, 0) is 4.74 Å². The quantitative estimate of drug-likeness (QED) is 0.922. The van der Waals surface area contributed by atoms with Crippen LogP contribution in [0.15, 0.2) is 16.5 Å². The molecule has 0 aromatic carbocycles. The third-order valence-corrected chi connectivity index (χ3v) is 4.40. The van der Waals surface area contributed by atoms with E-state index in [2.05, 4.69) is 0 Å². The van der Waals surface area contributed by atoms with Gasteiger partial charge in [-0.15, -0.1) is 0 Å². The van der Waals surface area contributed by atoms with Gasteiger partial charge in [-0.2, -0.15) is 0 Å². The molecule has 0 bridgehead atoms. The zero-order chi connectivity index (χ0) is 14.8. The summed E-state index contributed by atoms with van der Waals surface area (Å²) in [6, 6.07) is 3.00. The van der Waals surface area contributed by atoms with Crippen molar-refractivity contribution in [3.63, 3.8) is 0 Å². The van der Waals surface area contributed by atoms with Crippen LogP contribution in [0.2, 0.25) is 0 Å². The predicted molar refractivity (Wildman–Crippen MR) is 73.3 cm³/mol. The first-order chi connectivity index (χ1) is 10.2. The number of furan rings is 1. The van der Waals surface area contributed by atoms with Crippen molar-refractivity contribution in [2.75, 3.05) is 19.8 Å². The summed E-state index contributed by atoms with van der Waals surface area (Å²) in [7, 11) is 0. The maximum absolute atomic E-state index is 12.5. The summed E-state index contributed by atoms with van der Waals surface area (Å²) in [6.07, 6.45) is 3.95. The molecule has 1 atom stereocenters. The molecule has 2 aliphatic heterocycles. The Morgan fingerprint density at radius 1 is 1.14 bits per heavy atom. The van der Waals surface area contributed by atoms with Gasteiger partial charge in [0.15, 0.2) is 5.76 Å². The van der Waals surface area contributed by atoms with Crippen molar-refractivity contribution in [2.24, 2.45) is 5.92 Å². The van der Waals surface area contributed by atoms with Gasteiger partial charge < -0.3 is 19.2 Å². The molecule has 1 aromatic heterocycles. The van der Waals surface area contributed by atoms with Gasteiger partial charge in [-0.1, -0.05) is 0 Å². The fourth-order valence-electron chi connectivity index (χ4n) is 3.34. The van der Waals surface area contributed by atoms with Gasteiger partial charge in [0.05, 0.1) is 0 Å². The lowest BCUT2D eigenvalue weighted by atomic mass is 9.90. The average Bonchev–Trinajstić information content (AvgIpc) is 3.17. The zero-order valence-electron chi connectivity index (χ0n) is 11.8. The van der Waals surface area contributed by atoms with Gasteiger partial charge in [0.1, 0.15) is 0 Å². The molecule has 0 saturated carbocycles. The molecule has 0 spiro atoms. The van der Waals surface area contributed by atoms with Crippen molar-refractivity contribution in [3.05, 3.63) is 23.7 Å². The lowest BCUT2D eigenvalue weighted by molar-refractivity contribution is 0.0309. The molecule has 3 heterocycles. The van der Waals surface area contributed by atoms with Crippen molar-refractivity contribution >= 4 is 11.9 Å². The van der Waals surface area contributed by atoms with Gasteiger partial charge in [-0.05, 0) is 43.7 Å². The second-order valence-corrected chi connectivity index (χ2v) is 5.63. The standard InChI is InChI=1S/C15H19NO5/c17-14(12-3-4-13(21-12)15(18)19)16-7-1-2-11(16)10-5-8-20-9-6-10/h3-4,10-11H,1-2,5-9H2,(H,18,19). The number of hydrogen-bond acceptors (Lipinski definition) is 4. The maximum atomic E-state index is 12.5. The summed E-state index contributed by atoms with van der Waals surface area (Å²) >= 11 is 0. The van der Waals surface area contributed by atoms with Crippen LogP contribution in [0.1, 0.15) is 46.8 Å². The Balaban J connectivity index is 1.74. The zero-order valence-corrected chi connectivity index (χ0v) is 11.8. The molecule has 114 valence electrons. The number of ether oxygens (including phenoxy) is 1. The minimum Gasteiger partial charge on any atom is -0.475 e. The van der Waals surface area contributed by atoms with Crippen molar-refractivity contribution < 1.29 is 23.8 Å². The number of hydrogen-bond donors (Lipinski definition) is 1. The molecule has 0 aliphatic carbocycles. The largest absolute Gasteiger partial charge is 0.475 e. The molecule has 1 N–H and O–H groups in total. The molecule has 2 fully saturated rings. The van der Waals surface area contributed by atoms with Crippen LogP contribution in [0.4, 0.5) is 0 Å². The fraction of sp³-hybridized carbons (Fsp3) is 0.600. The third kappa shape index (κ3) is 2.81. The highest BCUT2D eigenvalue weighted by Gasteiger charge is 2.36. The van der Waals surface area contributed by atoms with Crippen molar-refractivity contribution in [2.45, 2.75) is 31.7 Å². The van der Waals surface area contributed by atoms with Crippen molar-refractivity contribution in [3.8, 4) is 0 Å². The van der Waals surface area contributed by atoms with E-state index >= 15 is 0 Å². The lowest BCUT2D eigenvalue weighted by Gasteiger charge is -2.33. The summed E-state index contributed by atoms with van der Waals surface area (Å²) < 4.78 is 10.5. The molecular weight excluding hydrogens is 274 g/mol. The number of aromatic carboxylic acids is 1. The van der Waals surface area contributed by atoms with Gasteiger partial charge >= 0.3 is 5.97 Å². The highest BCUT2D eigenvalue weighted by molar-refractivity contribution is 5.93. The van der Waals surface area contributed by atoms with E-state index in [0.717, 1.165) is 38.9 Å². The second-order valence-electron chi connectivity index (χ2n) is 5.63. The van der Waals surface area contributed by atoms with E-state index in [4.69, 9.17) is 14.3 Å². The van der Waals surface area contributed by atoms with Gasteiger partial charge in [0.2, 0.25) is 5.76 Å². The van der Waals surface area contributed by atoms with Crippen LogP contribution >= 0.6 is 0 Å². The molecule has 2 saturated heterocycles. The maximum Gasteiger partial charge on any atom is 0.371 e. The minimum atomic E-state index is -1.16. The number of likely N-dealkylation sites (tertiary alicyclic amines) is 1. The Hall–Kier alpha value is -1.82. The Kier molecular flexibility index (Phi) is 3.96.